The van der Waals surface area contributed by atoms with Gasteiger partial charge in [-0.15, -0.1) is 0 Å². The molecule has 0 aliphatic carbocycles. The monoisotopic (exact) mass is 442 g/mol. The van der Waals surface area contributed by atoms with Crippen LogP contribution < -0.4 is 10.2 Å². The molecule has 1 aliphatic rings. The Morgan fingerprint density at radius 2 is 1.93 bits per heavy atom. The Balaban J connectivity index is 1.77. The van der Waals surface area contributed by atoms with Gasteiger partial charge >= 0.3 is 0 Å². The molecule has 3 aromatic rings. The van der Waals surface area contributed by atoms with Crippen LogP contribution in [0.25, 0.3) is 10.9 Å². The van der Waals surface area contributed by atoms with E-state index in [9.17, 15) is 10.1 Å². The van der Waals surface area contributed by atoms with Crippen molar-refractivity contribution < 1.29 is 4.92 Å². The van der Waals surface area contributed by atoms with E-state index in [4.69, 9.17) is 0 Å². The number of hydrogen-bond donors (Lipinski definition) is 1. The van der Waals surface area contributed by atoms with Gasteiger partial charge < -0.3 is 15.1 Å². The summed E-state index contributed by atoms with van der Waals surface area (Å²) >= 11 is 3.44. The third-order valence-electron chi connectivity index (χ3n) is 4.86. The van der Waals surface area contributed by atoms with E-state index in [1.807, 2.05) is 24.3 Å². The minimum atomic E-state index is -0.330. The fraction of sp³-hybridized carbons (Fsp3) is 0.263. The first-order valence-electron chi connectivity index (χ1n) is 8.90. The van der Waals surface area contributed by atoms with E-state index in [1.54, 1.807) is 12.1 Å². The Labute approximate surface area is 170 Å². The van der Waals surface area contributed by atoms with Crippen LogP contribution >= 0.6 is 15.9 Å². The van der Waals surface area contributed by atoms with Gasteiger partial charge in [-0.1, -0.05) is 22.0 Å². The molecule has 2 heterocycles. The number of anilines is 3. The summed E-state index contributed by atoms with van der Waals surface area (Å²) in [6.07, 6.45) is 1.47. The minimum absolute atomic E-state index is 0.0733. The van der Waals surface area contributed by atoms with Crippen molar-refractivity contribution in [3.05, 3.63) is 57.3 Å². The largest absolute Gasteiger partial charge is 0.363 e. The summed E-state index contributed by atoms with van der Waals surface area (Å²) in [4.78, 5) is 24.4. The Morgan fingerprint density at radius 1 is 1.14 bits per heavy atom. The molecule has 8 nitrogen and oxygen atoms in total. The molecule has 0 bridgehead atoms. The van der Waals surface area contributed by atoms with Crippen LogP contribution in [0, 0.1) is 10.1 Å². The van der Waals surface area contributed by atoms with E-state index in [-0.39, 0.29) is 10.6 Å². The summed E-state index contributed by atoms with van der Waals surface area (Å²) in [5, 5.41) is 15.6. The highest BCUT2D eigenvalue weighted by molar-refractivity contribution is 9.10. The van der Waals surface area contributed by atoms with Crippen molar-refractivity contribution in [1.29, 1.82) is 0 Å². The van der Waals surface area contributed by atoms with Crippen LogP contribution in [0.15, 0.2) is 47.2 Å². The summed E-state index contributed by atoms with van der Waals surface area (Å²) in [6, 6.07) is 11.0. The molecule has 2 aromatic carbocycles. The van der Waals surface area contributed by atoms with Gasteiger partial charge in [-0.05, 0) is 31.3 Å². The fourth-order valence-electron chi connectivity index (χ4n) is 3.33. The van der Waals surface area contributed by atoms with Gasteiger partial charge in [0.15, 0.2) is 0 Å². The average molecular weight is 443 g/mol. The molecule has 1 aliphatic heterocycles. The normalized spacial score (nSPS) is 15.0. The van der Waals surface area contributed by atoms with Crippen LogP contribution in [-0.2, 0) is 0 Å². The Bertz CT molecular complexity index is 1040. The zero-order valence-electron chi connectivity index (χ0n) is 15.3. The second-order valence-corrected chi connectivity index (χ2v) is 7.68. The number of nitro benzene ring substituents is 1. The zero-order chi connectivity index (χ0) is 19.7. The molecule has 0 radical (unpaired) electrons. The molecule has 0 spiro atoms. The van der Waals surface area contributed by atoms with E-state index in [2.05, 4.69) is 48.1 Å². The highest BCUT2D eigenvalue weighted by Crippen LogP contribution is 2.35. The molecule has 0 amide bonds. The van der Waals surface area contributed by atoms with Gasteiger partial charge in [-0.25, -0.2) is 9.97 Å². The lowest BCUT2D eigenvalue weighted by molar-refractivity contribution is -0.384. The first-order chi connectivity index (χ1) is 13.5. The van der Waals surface area contributed by atoms with E-state index >= 15 is 0 Å². The van der Waals surface area contributed by atoms with Gasteiger partial charge in [-0.2, -0.15) is 0 Å². The number of hydrogen-bond acceptors (Lipinski definition) is 7. The number of likely N-dealkylation sites (N-methyl/N-ethyl adjacent to an activating group) is 1. The van der Waals surface area contributed by atoms with Crippen molar-refractivity contribution in [2.75, 3.05) is 43.4 Å². The summed E-state index contributed by atoms with van der Waals surface area (Å²) in [6.45, 7) is 3.23. The molecule has 0 atom stereocenters. The number of fused-ring (bicyclic) bond motifs is 1. The Kier molecular flexibility index (Phi) is 5.10. The number of nitro groups is 1. The molecule has 4 rings (SSSR count). The molecule has 1 N–H and O–H groups in total. The van der Waals surface area contributed by atoms with Gasteiger partial charge in [0.1, 0.15) is 17.8 Å². The van der Waals surface area contributed by atoms with Gasteiger partial charge in [-0.3, -0.25) is 10.1 Å². The molecule has 9 heteroatoms. The second-order valence-electron chi connectivity index (χ2n) is 6.76. The summed E-state index contributed by atoms with van der Waals surface area (Å²) < 4.78 is 0.930. The lowest BCUT2D eigenvalue weighted by Crippen LogP contribution is -2.44. The maximum Gasteiger partial charge on any atom is 0.293 e. The Hall–Kier alpha value is -2.78. The lowest BCUT2D eigenvalue weighted by atomic mass is 10.1. The first-order valence-corrected chi connectivity index (χ1v) is 9.70. The number of aromatic nitrogens is 2. The number of halogens is 1. The maximum atomic E-state index is 11.8. The van der Waals surface area contributed by atoms with Crippen molar-refractivity contribution >= 4 is 49.7 Å². The van der Waals surface area contributed by atoms with Crippen LogP contribution in [-0.4, -0.2) is 53.0 Å². The van der Waals surface area contributed by atoms with Crippen molar-refractivity contribution in [2.45, 2.75) is 0 Å². The van der Waals surface area contributed by atoms with E-state index in [0.29, 0.717) is 22.4 Å². The average Bonchev–Trinajstić information content (AvgIpc) is 2.68. The SMILES string of the molecule is CN1CCN(c2cc3ncnc(Nc4cccc(Br)c4)c3cc2[N+](=O)[O-])CC1. The van der Waals surface area contributed by atoms with Crippen molar-refractivity contribution in [3.63, 3.8) is 0 Å². The van der Waals surface area contributed by atoms with Crippen molar-refractivity contribution in [1.82, 2.24) is 14.9 Å². The van der Waals surface area contributed by atoms with E-state index in [1.165, 1.54) is 6.33 Å². The molecule has 1 aromatic heterocycles. The highest BCUT2D eigenvalue weighted by atomic mass is 79.9. The van der Waals surface area contributed by atoms with Crippen LogP contribution in [0.2, 0.25) is 0 Å². The van der Waals surface area contributed by atoms with Gasteiger partial charge in [0.25, 0.3) is 5.69 Å². The second kappa shape index (κ2) is 7.69. The molecule has 144 valence electrons. The third kappa shape index (κ3) is 3.76. The number of benzene rings is 2. The van der Waals surface area contributed by atoms with Crippen LogP contribution in [0.4, 0.5) is 22.9 Å². The molecule has 28 heavy (non-hydrogen) atoms. The number of rotatable bonds is 4. The number of piperazine rings is 1. The van der Waals surface area contributed by atoms with Crippen LogP contribution in [0.1, 0.15) is 0 Å². The number of nitrogens with zero attached hydrogens (tertiary/aromatic N) is 5. The van der Waals surface area contributed by atoms with Gasteiger partial charge in [0, 0.05) is 47.8 Å². The predicted octanol–water partition coefficient (Wildman–Crippen LogP) is 3.80. The first kappa shape index (κ1) is 18.6. The lowest BCUT2D eigenvalue weighted by Gasteiger charge is -2.33. The minimum Gasteiger partial charge on any atom is -0.363 e. The van der Waals surface area contributed by atoms with Crippen molar-refractivity contribution in [2.24, 2.45) is 0 Å². The summed E-state index contributed by atoms with van der Waals surface area (Å²) in [7, 11) is 2.05. The maximum absolute atomic E-state index is 11.8. The molecule has 0 unspecified atom stereocenters. The predicted molar refractivity (Wildman–Crippen MR) is 113 cm³/mol. The fourth-order valence-corrected chi connectivity index (χ4v) is 3.73. The molecule has 1 saturated heterocycles. The van der Waals surface area contributed by atoms with Gasteiger partial charge in [0.2, 0.25) is 0 Å². The van der Waals surface area contributed by atoms with Gasteiger partial charge in [0.05, 0.1) is 10.4 Å². The topological polar surface area (TPSA) is 87.4 Å². The third-order valence-corrected chi connectivity index (χ3v) is 5.35. The molecular formula is C19H19BrN6O2. The standard InChI is InChI=1S/C19H19BrN6O2/c1-24-5-7-25(8-6-24)17-11-16-15(10-18(17)26(27)28)19(22-12-21-16)23-14-4-2-3-13(20)9-14/h2-4,9-12H,5-8H2,1H3,(H,21,22,23). The summed E-state index contributed by atoms with van der Waals surface area (Å²) in [5.41, 5.74) is 2.19. The van der Waals surface area contributed by atoms with E-state index in [0.717, 1.165) is 36.3 Å². The molecular weight excluding hydrogens is 424 g/mol. The quantitative estimate of drug-likeness (QED) is 0.485. The summed E-state index contributed by atoms with van der Waals surface area (Å²) in [5.74, 6) is 0.538. The van der Waals surface area contributed by atoms with E-state index < -0.39 is 0 Å². The van der Waals surface area contributed by atoms with Crippen LogP contribution in [0.5, 0.6) is 0 Å². The smallest absolute Gasteiger partial charge is 0.293 e. The zero-order valence-corrected chi connectivity index (χ0v) is 16.9. The number of nitrogens with one attached hydrogen (secondary N) is 1. The van der Waals surface area contributed by atoms with Crippen molar-refractivity contribution in [3.8, 4) is 0 Å². The van der Waals surface area contributed by atoms with Crippen LogP contribution in [0.3, 0.4) is 0 Å². The molecule has 1 fully saturated rings. The Morgan fingerprint density at radius 3 is 2.64 bits per heavy atom. The molecule has 0 saturated carbocycles. The highest BCUT2D eigenvalue weighted by Gasteiger charge is 2.24.